The molecule has 2 aromatic rings. The first-order chi connectivity index (χ1) is 14.2. The summed E-state index contributed by atoms with van der Waals surface area (Å²) in [6.07, 6.45) is 2.03. The number of carbonyl (C=O) groups is 1. The summed E-state index contributed by atoms with van der Waals surface area (Å²) in [7, 11) is 0. The van der Waals surface area contributed by atoms with Crippen LogP contribution < -0.4 is 4.74 Å². The van der Waals surface area contributed by atoms with E-state index in [0.29, 0.717) is 12.5 Å². The number of carbonyl (C=O) groups excluding carboxylic acids is 1. The molecule has 0 saturated carbocycles. The average molecular weight is 414 g/mol. The molecular weight excluding hydrogens is 381 g/mol. The van der Waals surface area contributed by atoms with Gasteiger partial charge in [-0.2, -0.15) is 0 Å². The lowest BCUT2D eigenvalue weighted by Crippen LogP contribution is -2.35. The van der Waals surface area contributed by atoms with Gasteiger partial charge in [0.1, 0.15) is 5.60 Å². The van der Waals surface area contributed by atoms with Crippen molar-refractivity contribution in [3.8, 4) is 5.75 Å². The number of halogens is 1. The van der Waals surface area contributed by atoms with Crippen molar-refractivity contribution < 1.29 is 18.7 Å². The molecule has 0 bridgehead atoms. The lowest BCUT2D eigenvalue weighted by molar-refractivity contribution is 0.00635. The highest BCUT2D eigenvalue weighted by Crippen LogP contribution is 2.27. The standard InChI is InChI=1S/C25H32FNO3/c1-18-14-21(24(28)30-25(2,3)4)23(26)22(15-18)29-17-20-10-12-27(13-11-20)16-19-8-6-5-7-9-19/h5-9,14-15,20H,10-13,16-17H2,1-4H3. The molecule has 3 rings (SSSR count). The number of hydrogen-bond acceptors (Lipinski definition) is 4. The number of nitrogens with zero attached hydrogens (tertiary/aromatic N) is 1. The summed E-state index contributed by atoms with van der Waals surface area (Å²) in [5, 5.41) is 0. The normalized spacial score (nSPS) is 15.8. The molecule has 1 heterocycles. The zero-order valence-electron chi connectivity index (χ0n) is 18.4. The van der Waals surface area contributed by atoms with Gasteiger partial charge in [-0.1, -0.05) is 30.3 Å². The van der Waals surface area contributed by atoms with Gasteiger partial charge in [0.2, 0.25) is 0 Å². The molecule has 0 spiro atoms. The molecule has 4 nitrogen and oxygen atoms in total. The van der Waals surface area contributed by atoms with Gasteiger partial charge in [-0.3, -0.25) is 4.90 Å². The Morgan fingerprint density at radius 1 is 1.13 bits per heavy atom. The molecule has 1 saturated heterocycles. The number of piperidine rings is 1. The van der Waals surface area contributed by atoms with E-state index in [1.165, 1.54) is 11.6 Å². The van der Waals surface area contributed by atoms with Crippen LogP contribution in [0.15, 0.2) is 42.5 Å². The molecule has 1 aliphatic heterocycles. The van der Waals surface area contributed by atoms with E-state index in [4.69, 9.17) is 9.47 Å². The van der Waals surface area contributed by atoms with Gasteiger partial charge < -0.3 is 9.47 Å². The first kappa shape index (κ1) is 22.3. The first-order valence-corrected chi connectivity index (χ1v) is 10.6. The molecule has 0 amide bonds. The van der Waals surface area contributed by atoms with Gasteiger partial charge in [0.05, 0.1) is 12.2 Å². The summed E-state index contributed by atoms with van der Waals surface area (Å²) < 4.78 is 26.1. The predicted octanol–water partition coefficient (Wildman–Crippen LogP) is 5.38. The maximum Gasteiger partial charge on any atom is 0.341 e. The van der Waals surface area contributed by atoms with Crippen LogP contribution >= 0.6 is 0 Å². The van der Waals surface area contributed by atoms with Crippen LogP contribution in [0.1, 0.15) is 55.1 Å². The van der Waals surface area contributed by atoms with Crippen molar-refractivity contribution in [2.75, 3.05) is 19.7 Å². The van der Waals surface area contributed by atoms with Crippen LogP contribution in [0.25, 0.3) is 0 Å². The number of likely N-dealkylation sites (tertiary alicyclic amines) is 1. The fourth-order valence-corrected chi connectivity index (χ4v) is 3.68. The van der Waals surface area contributed by atoms with E-state index in [1.54, 1.807) is 26.8 Å². The Labute approximate surface area is 179 Å². The van der Waals surface area contributed by atoms with E-state index in [1.807, 2.05) is 13.0 Å². The lowest BCUT2D eigenvalue weighted by Gasteiger charge is -2.32. The number of benzene rings is 2. The van der Waals surface area contributed by atoms with E-state index in [9.17, 15) is 9.18 Å². The number of aryl methyl sites for hydroxylation is 1. The van der Waals surface area contributed by atoms with Gasteiger partial charge in [0, 0.05) is 6.54 Å². The largest absolute Gasteiger partial charge is 0.490 e. The van der Waals surface area contributed by atoms with E-state index >= 15 is 0 Å². The van der Waals surface area contributed by atoms with Gasteiger partial charge in [-0.05, 0) is 82.8 Å². The summed E-state index contributed by atoms with van der Waals surface area (Å²) in [5.74, 6) is -0.802. The number of hydrogen-bond donors (Lipinski definition) is 0. The molecule has 0 atom stereocenters. The minimum Gasteiger partial charge on any atom is -0.490 e. The molecular formula is C25H32FNO3. The third kappa shape index (κ3) is 6.30. The molecule has 5 heteroatoms. The Morgan fingerprint density at radius 2 is 1.80 bits per heavy atom. The molecule has 0 aliphatic carbocycles. The van der Waals surface area contributed by atoms with Crippen molar-refractivity contribution in [2.45, 2.75) is 52.7 Å². The summed E-state index contributed by atoms with van der Waals surface area (Å²) in [6.45, 7) is 10.5. The van der Waals surface area contributed by atoms with Crippen molar-refractivity contribution in [1.29, 1.82) is 0 Å². The molecule has 30 heavy (non-hydrogen) atoms. The zero-order chi connectivity index (χ0) is 21.7. The molecule has 2 aromatic carbocycles. The lowest BCUT2D eigenvalue weighted by atomic mass is 9.97. The van der Waals surface area contributed by atoms with Crippen LogP contribution in [-0.4, -0.2) is 36.2 Å². The van der Waals surface area contributed by atoms with Crippen LogP contribution in [0.4, 0.5) is 4.39 Å². The van der Waals surface area contributed by atoms with E-state index in [2.05, 4.69) is 29.2 Å². The Bertz CT molecular complexity index is 853. The Balaban J connectivity index is 1.55. The predicted molar refractivity (Wildman–Crippen MR) is 116 cm³/mol. The zero-order valence-corrected chi connectivity index (χ0v) is 18.4. The summed E-state index contributed by atoms with van der Waals surface area (Å²) in [5.41, 5.74) is 1.34. The van der Waals surface area contributed by atoms with Crippen LogP contribution in [-0.2, 0) is 11.3 Å². The van der Waals surface area contributed by atoms with Crippen LogP contribution in [0.5, 0.6) is 5.75 Å². The van der Waals surface area contributed by atoms with Gasteiger partial charge >= 0.3 is 5.97 Å². The van der Waals surface area contributed by atoms with Gasteiger partial charge in [0.25, 0.3) is 0 Å². The third-order valence-corrected chi connectivity index (χ3v) is 5.23. The quantitative estimate of drug-likeness (QED) is 0.596. The Kier molecular flexibility index (Phi) is 7.14. The molecule has 0 N–H and O–H groups in total. The molecule has 0 radical (unpaired) electrons. The number of ether oxygens (including phenoxy) is 2. The summed E-state index contributed by atoms with van der Waals surface area (Å²) in [4.78, 5) is 14.8. The minimum atomic E-state index is -0.679. The Hall–Kier alpha value is -2.40. The third-order valence-electron chi connectivity index (χ3n) is 5.23. The number of rotatable bonds is 6. The number of esters is 1. The first-order valence-electron chi connectivity index (χ1n) is 10.6. The molecule has 0 aromatic heterocycles. The highest BCUT2D eigenvalue weighted by molar-refractivity contribution is 5.90. The Morgan fingerprint density at radius 3 is 2.43 bits per heavy atom. The molecule has 1 aliphatic rings. The smallest absolute Gasteiger partial charge is 0.341 e. The van der Waals surface area contributed by atoms with Crippen molar-refractivity contribution >= 4 is 5.97 Å². The fraction of sp³-hybridized carbons (Fsp3) is 0.480. The van der Waals surface area contributed by atoms with Gasteiger partial charge in [0.15, 0.2) is 11.6 Å². The maximum absolute atomic E-state index is 14.9. The van der Waals surface area contributed by atoms with E-state index in [-0.39, 0.29) is 11.3 Å². The minimum absolute atomic E-state index is 0.0717. The summed E-state index contributed by atoms with van der Waals surface area (Å²) >= 11 is 0. The van der Waals surface area contributed by atoms with Crippen molar-refractivity contribution in [3.05, 3.63) is 65.0 Å². The SMILES string of the molecule is Cc1cc(OCC2CCN(Cc3ccccc3)CC2)c(F)c(C(=O)OC(C)(C)C)c1. The molecule has 162 valence electrons. The second-order valence-electron chi connectivity index (χ2n) is 9.14. The van der Waals surface area contributed by atoms with Gasteiger partial charge in [-0.15, -0.1) is 0 Å². The monoisotopic (exact) mass is 413 g/mol. The van der Waals surface area contributed by atoms with E-state index in [0.717, 1.165) is 38.0 Å². The highest BCUT2D eigenvalue weighted by atomic mass is 19.1. The van der Waals surface area contributed by atoms with Crippen LogP contribution in [0, 0.1) is 18.7 Å². The maximum atomic E-state index is 14.9. The van der Waals surface area contributed by atoms with Crippen LogP contribution in [0.2, 0.25) is 0 Å². The fourth-order valence-electron chi connectivity index (χ4n) is 3.68. The summed E-state index contributed by atoms with van der Waals surface area (Å²) in [6, 6.07) is 13.6. The van der Waals surface area contributed by atoms with E-state index < -0.39 is 17.4 Å². The van der Waals surface area contributed by atoms with Gasteiger partial charge in [-0.25, -0.2) is 9.18 Å². The second-order valence-corrected chi connectivity index (χ2v) is 9.14. The van der Waals surface area contributed by atoms with Crippen LogP contribution in [0.3, 0.4) is 0 Å². The second kappa shape index (κ2) is 9.61. The highest BCUT2D eigenvalue weighted by Gasteiger charge is 2.25. The van der Waals surface area contributed by atoms with Crippen molar-refractivity contribution in [2.24, 2.45) is 5.92 Å². The molecule has 1 fully saturated rings. The topological polar surface area (TPSA) is 38.8 Å². The van der Waals surface area contributed by atoms with Crippen molar-refractivity contribution in [1.82, 2.24) is 4.90 Å². The molecule has 0 unspecified atom stereocenters. The van der Waals surface area contributed by atoms with Crippen molar-refractivity contribution in [3.63, 3.8) is 0 Å². The average Bonchev–Trinajstić information content (AvgIpc) is 2.69.